The average Bonchev–Trinajstić information content (AvgIpc) is 2.33. The van der Waals surface area contributed by atoms with Crippen LogP contribution in [0.3, 0.4) is 0 Å². The first-order chi connectivity index (χ1) is 8.31. The summed E-state index contributed by atoms with van der Waals surface area (Å²) in [6, 6.07) is 5.95. The molecular formula is C13H17NO2S. The van der Waals surface area contributed by atoms with E-state index < -0.39 is 0 Å². The molecule has 0 bridgehead atoms. The number of nitrogens with zero attached hydrogens (tertiary/aromatic N) is 1. The summed E-state index contributed by atoms with van der Waals surface area (Å²) >= 11 is 4.53. The summed E-state index contributed by atoms with van der Waals surface area (Å²) < 4.78 is 11.0. The highest BCUT2D eigenvalue weighted by Crippen LogP contribution is 2.28. The zero-order valence-corrected chi connectivity index (χ0v) is 11.0. The van der Waals surface area contributed by atoms with Gasteiger partial charge in [0.1, 0.15) is 0 Å². The van der Waals surface area contributed by atoms with E-state index in [9.17, 15) is 0 Å². The molecule has 0 atom stereocenters. The highest BCUT2D eigenvalue weighted by Gasteiger charge is 2.05. The summed E-state index contributed by atoms with van der Waals surface area (Å²) in [5.74, 6) is 1.58. The van der Waals surface area contributed by atoms with Gasteiger partial charge in [-0.2, -0.15) is 0 Å². The molecule has 0 unspecified atom stereocenters. The van der Waals surface area contributed by atoms with Gasteiger partial charge in [-0.15, -0.1) is 0 Å². The normalized spacial score (nSPS) is 9.53. The maximum atomic E-state index is 5.54. The second kappa shape index (κ2) is 7.82. The molecule has 3 nitrogen and oxygen atoms in total. The quantitative estimate of drug-likeness (QED) is 0.551. The van der Waals surface area contributed by atoms with Gasteiger partial charge in [0.25, 0.3) is 0 Å². The minimum atomic E-state index is 0.627. The molecular weight excluding hydrogens is 234 g/mol. The Morgan fingerprint density at radius 1 is 1.18 bits per heavy atom. The van der Waals surface area contributed by atoms with Crippen molar-refractivity contribution in [3.05, 3.63) is 23.8 Å². The molecule has 92 valence electrons. The van der Waals surface area contributed by atoms with Gasteiger partial charge in [-0.05, 0) is 50.2 Å². The van der Waals surface area contributed by atoms with Gasteiger partial charge >= 0.3 is 0 Å². The van der Waals surface area contributed by atoms with Gasteiger partial charge in [-0.1, -0.05) is 6.07 Å². The summed E-state index contributed by atoms with van der Waals surface area (Å²) in [6.07, 6.45) is 0.829. The van der Waals surface area contributed by atoms with Crippen molar-refractivity contribution in [1.29, 1.82) is 0 Å². The van der Waals surface area contributed by atoms with E-state index in [0.29, 0.717) is 19.8 Å². The van der Waals surface area contributed by atoms with E-state index in [2.05, 4.69) is 22.4 Å². The minimum Gasteiger partial charge on any atom is -0.490 e. The minimum absolute atomic E-state index is 0.627. The summed E-state index contributed by atoms with van der Waals surface area (Å²) in [7, 11) is 0. The largest absolute Gasteiger partial charge is 0.490 e. The van der Waals surface area contributed by atoms with Crippen LogP contribution in [0.15, 0.2) is 23.2 Å². The monoisotopic (exact) mass is 251 g/mol. The molecule has 0 fully saturated rings. The van der Waals surface area contributed by atoms with Gasteiger partial charge in [0.2, 0.25) is 0 Å². The van der Waals surface area contributed by atoms with E-state index in [4.69, 9.17) is 9.47 Å². The first-order valence-electron chi connectivity index (χ1n) is 5.74. The Morgan fingerprint density at radius 3 is 2.53 bits per heavy atom. The van der Waals surface area contributed by atoms with Crippen LogP contribution in [0.4, 0.5) is 0 Å². The molecule has 4 heteroatoms. The van der Waals surface area contributed by atoms with Crippen LogP contribution >= 0.6 is 12.2 Å². The van der Waals surface area contributed by atoms with E-state index in [1.54, 1.807) is 0 Å². The Balaban J connectivity index is 2.80. The third-order valence-electron chi connectivity index (χ3n) is 2.18. The van der Waals surface area contributed by atoms with Crippen molar-refractivity contribution in [3.8, 4) is 11.5 Å². The number of hydrogen-bond acceptors (Lipinski definition) is 4. The van der Waals surface area contributed by atoms with E-state index >= 15 is 0 Å². The maximum absolute atomic E-state index is 5.54. The number of hydrogen-bond donors (Lipinski definition) is 0. The van der Waals surface area contributed by atoms with E-state index in [1.165, 1.54) is 0 Å². The zero-order chi connectivity index (χ0) is 12.5. The molecule has 17 heavy (non-hydrogen) atoms. The first-order valence-corrected chi connectivity index (χ1v) is 6.14. The fourth-order valence-electron chi connectivity index (χ4n) is 1.48. The second-order valence-electron chi connectivity index (χ2n) is 3.37. The fourth-order valence-corrected chi connectivity index (χ4v) is 1.57. The standard InChI is InChI=1S/C13H17NO2S/c1-3-15-12-6-5-11(7-8-14-10-17)9-13(12)16-4-2/h5-6,9H,3-4,7-8H2,1-2H3. The molecule has 0 aliphatic heterocycles. The molecule has 1 aromatic rings. The van der Waals surface area contributed by atoms with Crippen molar-refractivity contribution in [2.24, 2.45) is 4.99 Å². The third-order valence-corrected chi connectivity index (χ3v) is 2.31. The highest BCUT2D eigenvalue weighted by atomic mass is 32.1. The summed E-state index contributed by atoms with van der Waals surface area (Å²) in [5, 5.41) is 2.36. The van der Waals surface area contributed by atoms with Crippen LogP contribution in [-0.2, 0) is 6.42 Å². The van der Waals surface area contributed by atoms with Crippen molar-refractivity contribution in [1.82, 2.24) is 0 Å². The Kier molecular flexibility index (Phi) is 6.30. The SMILES string of the molecule is CCOc1ccc(CCN=C=S)cc1OCC. The van der Waals surface area contributed by atoms with E-state index in [0.717, 1.165) is 23.5 Å². The molecule has 0 spiro atoms. The van der Waals surface area contributed by atoms with Crippen LogP contribution in [0.2, 0.25) is 0 Å². The summed E-state index contributed by atoms with van der Waals surface area (Å²) in [4.78, 5) is 3.89. The number of benzene rings is 1. The van der Waals surface area contributed by atoms with Crippen molar-refractivity contribution in [3.63, 3.8) is 0 Å². The van der Waals surface area contributed by atoms with E-state index in [-0.39, 0.29) is 0 Å². The lowest BCUT2D eigenvalue weighted by Gasteiger charge is -2.11. The summed E-state index contributed by atoms with van der Waals surface area (Å²) in [6.45, 7) is 5.83. The predicted octanol–water partition coefficient (Wildman–Crippen LogP) is 3.13. The molecule has 0 heterocycles. The first kappa shape index (κ1) is 13.7. The van der Waals surface area contributed by atoms with Gasteiger partial charge < -0.3 is 9.47 Å². The van der Waals surface area contributed by atoms with Gasteiger partial charge in [0, 0.05) is 0 Å². The molecule has 1 rings (SSSR count). The molecule has 0 N–H and O–H groups in total. The Labute approximate surface area is 107 Å². The van der Waals surface area contributed by atoms with Gasteiger partial charge in [0.05, 0.1) is 24.9 Å². The Morgan fingerprint density at radius 2 is 1.88 bits per heavy atom. The lowest BCUT2D eigenvalue weighted by Crippen LogP contribution is -1.99. The number of isothiocyanates is 1. The molecule has 0 saturated heterocycles. The number of thiocarbonyl (C=S) groups is 1. The molecule has 0 saturated carbocycles. The van der Waals surface area contributed by atoms with Crippen LogP contribution in [0.1, 0.15) is 19.4 Å². The Bertz CT molecular complexity index is 400. The number of aliphatic imine (C=N–C) groups is 1. The molecule has 0 aliphatic rings. The molecule has 0 aliphatic carbocycles. The maximum Gasteiger partial charge on any atom is 0.161 e. The number of ether oxygens (including phenoxy) is 2. The predicted molar refractivity (Wildman–Crippen MR) is 72.4 cm³/mol. The van der Waals surface area contributed by atoms with Gasteiger partial charge in [0.15, 0.2) is 11.5 Å². The molecule has 0 aromatic heterocycles. The van der Waals surface area contributed by atoms with Crippen LogP contribution in [0.5, 0.6) is 11.5 Å². The molecule has 0 amide bonds. The van der Waals surface area contributed by atoms with Crippen LogP contribution < -0.4 is 9.47 Å². The molecule has 1 aromatic carbocycles. The van der Waals surface area contributed by atoms with Gasteiger partial charge in [-0.25, -0.2) is 4.99 Å². The molecule has 0 radical (unpaired) electrons. The van der Waals surface area contributed by atoms with Crippen molar-refractivity contribution in [2.45, 2.75) is 20.3 Å². The third kappa shape index (κ3) is 4.55. The average molecular weight is 251 g/mol. The Hall–Kier alpha value is -1.38. The lowest BCUT2D eigenvalue weighted by atomic mass is 10.1. The summed E-state index contributed by atoms with van der Waals surface area (Å²) in [5.41, 5.74) is 1.16. The van der Waals surface area contributed by atoms with E-state index in [1.807, 2.05) is 32.0 Å². The smallest absolute Gasteiger partial charge is 0.161 e. The second-order valence-corrected chi connectivity index (χ2v) is 3.55. The topological polar surface area (TPSA) is 30.8 Å². The zero-order valence-electron chi connectivity index (χ0n) is 10.2. The van der Waals surface area contributed by atoms with Crippen molar-refractivity contribution in [2.75, 3.05) is 19.8 Å². The van der Waals surface area contributed by atoms with Crippen molar-refractivity contribution >= 4 is 17.4 Å². The fraction of sp³-hybridized carbons (Fsp3) is 0.462. The lowest BCUT2D eigenvalue weighted by molar-refractivity contribution is 0.287. The van der Waals surface area contributed by atoms with Crippen LogP contribution in [0, 0.1) is 0 Å². The number of rotatable bonds is 7. The van der Waals surface area contributed by atoms with Gasteiger partial charge in [-0.3, -0.25) is 0 Å². The highest BCUT2D eigenvalue weighted by molar-refractivity contribution is 7.78. The van der Waals surface area contributed by atoms with Crippen molar-refractivity contribution < 1.29 is 9.47 Å². The van der Waals surface area contributed by atoms with Crippen LogP contribution in [-0.4, -0.2) is 24.9 Å². The van der Waals surface area contributed by atoms with Crippen LogP contribution in [0.25, 0.3) is 0 Å².